The third-order valence-corrected chi connectivity index (χ3v) is 5.63. The molecule has 1 aromatic carbocycles. The fourth-order valence-corrected chi connectivity index (χ4v) is 4.30. The van der Waals surface area contributed by atoms with Gasteiger partial charge in [-0.15, -0.1) is 0 Å². The van der Waals surface area contributed by atoms with Crippen molar-refractivity contribution >= 4 is 22.5 Å². The van der Waals surface area contributed by atoms with Crippen molar-refractivity contribution in [2.45, 2.75) is 32.4 Å². The minimum absolute atomic E-state index is 0. The summed E-state index contributed by atoms with van der Waals surface area (Å²) >= 11 is 0. The summed E-state index contributed by atoms with van der Waals surface area (Å²) in [7, 11) is 2.16. The SMILES string of the molecule is CCN(CC)C(=O)NC1C=C2c3cccc4[nH]cc(c34)CC2N(C)C1.[H+]. The predicted molar refractivity (Wildman–Crippen MR) is 103 cm³/mol. The second-order valence-corrected chi connectivity index (χ2v) is 7.05. The molecule has 0 saturated heterocycles. The van der Waals surface area contributed by atoms with Crippen LogP contribution in [0.25, 0.3) is 16.5 Å². The molecule has 2 amide bonds. The van der Waals surface area contributed by atoms with Gasteiger partial charge in [-0.1, -0.05) is 18.2 Å². The number of likely N-dealkylation sites (N-methyl/N-ethyl adjacent to an activating group) is 1. The molecule has 25 heavy (non-hydrogen) atoms. The van der Waals surface area contributed by atoms with Gasteiger partial charge in [0.15, 0.2) is 0 Å². The average Bonchev–Trinajstić information content (AvgIpc) is 3.02. The fourth-order valence-electron chi connectivity index (χ4n) is 4.30. The molecule has 2 aliphatic rings. The minimum Gasteiger partial charge on any atom is -0.361 e. The molecule has 2 unspecified atom stereocenters. The Bertz CT molecular complexity index is 839. The number of H-pyrrole nitrogens is 1. The van der Waals surface area contributed by atoms with Crippen LogP contribution >= 0.6 is 0 Å². The van der Waals surface area contributed by atoms with Gasteiger partial charge in [0.1, 0.15) is 0 Å². The Morgan fingerprint density at radius 1 is 1.40 bits per heavy atom. The highest BCUT2D eigenvalue weighted by Crippen LogP contribution is 2.39. The zero-order chi connectivity index (χ0) is 17.6. The van der Waals surface area contributed by atoms with Crippen molar-refractivity contribution < 1.29 is 6.22 Å². The van der Waals surface area contributed by atoms with E-state index in [-0.39, 0.29) is 13.5 Å². The summed E-state index contributed by atoms with van der Waals surface area (Å²) in [5.41, 5.74) is 5.24. The lowest BCUT2D eigenvalue weighted by Crippen LogP contribution is -2.52. The van der Waals surface area contributed by atoms with E-state index >= 15 is 0 Å². The Hall–Kier alpha value is -2.27. The van der Waals surface area contributed by atoms with Gasteiger partial charge in [-0.3, -0.25) is 4.90 Å². The normalized spacial score (nSPS) is 22.4. The number of aromatic amines is 1. The largest absolute Gasteiger partial charge is 1.00 e. The van der Waals surface area contributed by atoms with Crippen molar-refractivity contribution in [2.75, 3.05) is 26.7 Å². The van der Waals surface area contributed by atoms with E-state index in [2.05, 4.69) is 52.7 Å². The van der Waals surface area contributed by atoms with Crippen LogP contribution in [0.15, 0.2) is 30.5 Å². The number of hydrogen-bond acceptors (Lipinski definition) is 2. The zero-order valence-corrected chi connectivity index (χ0v) is 15.2. The molecule has 0 spiro atoms. The molecule has 5 heteroatoms. The van der Waals surface area contributed by atoms with Gasteiger partial charge in [0.2, 0.25) is 0 Å². The van der Waals surface area contributed by atoms with Crippen molar-refractivity contribution in [1.29, 1.82) is 0 Å². The molecule has 2 atom stereocenters. The lowest BCUT2D eigenvalue weighted by atomic mass is 9.81. The van der Waals surface area contributed by atoms with Crippen LogP contribution in [-0.4, -0.2) is 59.6 Å². The number of carbonyl (C=O) groups is 1. The van der Waals surface area contributed by atoms with Crippen LogP contribution < -0.4 is 5.32 Å². The Kier molecular flexibility index (Phi) is 4.04. The molecule has 4 rings (SSSR count). The molecule has 0 radical (unpaired) electrons. The summed E-state index contributed by atoms with van der Waals surface area (Å²) in [6.45, 7) is 6.34. The highest BCUT2D eigenvalue weighted by molar-refractivity contribution is 5.98. The summed E-state index contributed by atoms with van der Waals surface area (Å²) in [5.74, 6) is 0. The number of nitrogens with one attached hydrogen (secondary N) is 2. The van der Waals surface area contributed by atoms with Gasteiger partial charge in [0.05, 0.1) is 6.04 Å². The maximum absolute atomic E-state index is 12.4. The van der Waals surface area contributed by atoms with Crippen LogP contribution in [0.2, 0.25) is 0 Å². The lowest BCUT2D eigenvalue weighted by molar-refractivity contribution is 0.193. The van der Waals surface area contributed by atoms with Gasteiger partial charge in [-0.25, -0.2) is 4.79 Å². The number of nitrogens with zero attached hydrogens (tertiary/aromatic N) is 2. The van der Waals surface area contributed by atoms with E-state index in [1.807, 2.05) is 18.7 Å². The van der Waals surface area contributed by atoms with E-state index in [1.165, 1.54) is 27.6 Å². The first-order valence-electron chi connectivity index (χ1n) is 9.19. The van der Waals surface area contributed by atoms with Crippen LogP contribution in [0.1, 0.15) is 26.4 Å². The molecule has 1 aliphatic heterocycles. The van der Waals surface area contributed by atoms with Crippen molar-refractivity contribution in [3.63, 3.8) is 0 Å². The average molecular weight is 339 g/mol. The minimum atomic E-state index is 0. The summed E-state index contributed by atoms with van der Waals surface area (Å²) in [6.07, 6.45) is 5.44. The number of aromatic nitrogens is 1. The zero-order valence-electron chi connectivity index (χ0n) is 16.2. The lowest BCUT2D eigenvalue weighted by Gasteiger charge is -2.40. The number of urea groups is 1. The number of fused-ring (bicyclic) bond motifs is 2. The molecular formula is C20H27N4O+. The molecule has 2 N–H and O–H groups in total. The Morgan fingerprint density at radius 3 is 2.96 bits per heavy atom. The third kappa shape index (κ3) is 2.63. The van der Waals surface area contributed by atoms with E-state index in [0.717, 1.165) is 26.1 Å². The van der Waals surface area contributed by atoms with Crippen molar-refractivity contribution in [3.05, 3.63) is 41.6 Å². The number of hydrogen-bond donors (Lipinski definition) is 2. The van der Waals surface area contributed by atoms with Crippen LogP contribution in [-0.2, 0) is 6.42 Å². The summed E-state index contributed by atoms with van der Waals surface area (Å²) in [4.78, 5) is 20.0. The molecule has 0 bridgehead atoms. The molecule has 0 saturated carbocycles. The van der Waals surface area contributed by atoms with Crippen molar-refractivity contribution in [2.24, 2.45) is 0 Å². The summed E-state index contributed by atoms with van der Waals surface area (Å²) in [6, 6.07) is 6.90. The molecule has 1 aliphatic carbocycles. The first-order chi connectivity index (χ1) is 12.1. The fraction of sp³-hybridized carbons (Fsp3) is 0.450. The van der Waals surface area contributed by atoms with Crippen molar-refractivity contribution in [3.8, 4) is 0 Å². The Labute approximate surface area is 150 Å². The van der Waals surface area contributed by atoms with Crippen molar-refractivity contribution in [1.82, 2.24) is 20.1 Å². The topological polar surface area (TPSA) is 51.4 Å². The molecule has 0 fully saturated rings. The summed E-state index contributed by atoms with van der Waals surface area (Å²) < 4.78 is 0. The number of carbonyl (C=O) groups excluding carboxylic acids is 1. The molecule has 2 heterocycles. The van der Waals surface area contributed by atoms with Gasteiger partial charge in [-0.05, 0) is 50.1 Å². The highest BCUT2D eigenvalue weighted by atomic mass is 16.2. The number of benzene rings is 1. The standard InChI is InChI=1S/C20H26N4O/c1-4-24(5-2)20(25)22-14-10-16-15-7-6-8-17-19(15)13(11-21-17)9-18(16)23(3)12-14/h6-8,10-11,14,18,21H,4-5,9,12H2,1-3H3,(H,22,25)/p+1. The molecule has 2 aromatic rings. The van der Waals surface area contributed by atoms with Gasteiger partial charge >= 0.3 is 7.46 Å². The first kappa shape index (κ1) is 16.2. The van der Waals surface area contributed by atoms with E-state index in [4.69, 9.17) is 0 Å². The van der Waals surface area contributed by atoms with Crippen LogP contribution in [0, 0.1) is 0 Å². The second-order valence-electron chi connectivity index (χ2n) is 7.05. The monoisotopic (exact) mass is 339 g/mol. The number of amides is 2. The van der Waals surface area contributed by atoms with Gasteiger partial charge in [-0.2, -0.15) is 0 Å². The van der Waals surface area contributed by atoms with E-state index in [1.54, 1.807) is 0 Å². The highest BCUT2D eigenvalue weighted by Gasteiger charge is 2.34. The van der Waals surface area contributed by atoms with E-state index in [0.29, 0.717) is 6.04 Å². The van der Waals surface area contributed by atoms with Gasteiger partial charge in [0, 0.05) is 42.8 Å². The molecule has 132 valence electrons. The molecule has 5 nitrogen and oxygen atoms in total. The van der Waals surface area contributed by atoms with Crippen LogP contribution in [0.3, 0.4) is 0 Å². The quantitative estimate of drug-likeness (QED) is 0.903. The second kappa shape index (κ2) is 6.23. The van der Waals surface area contributed by atoms with Gasteiger partial charge in [0.25, 0.3) is 0 Å². The van der Waals surface area contributed by atoms with E-state index < -0.39 is 0 Å². The summed E-state index contributed by atoms with van der Waals surface area (Å²) in [5, 5.41) is 4.54. The number of rotatable bonds is 3. The molecular weight excluding hydrogens is 312 g/mol. The van der Waals surface area contributed by atoms with Crippen LogP contribution in [0.5, 0.6) is 0 Å². The maximum atomic E-state index is 12.4. The third-order valence-electron chi connectivity index (χ3n) is 5.63. The van der Waals surface area contributed by atoms with Gasteiger partial charge < -0.3 is 15.2 Å². The predicted octanol–water partition coefficient (Wildman–Crippen LogP) is 2.95. The van der Waals surface area contributed by atoms with Crippen LogP contribution in [0.4, 0.5) is 4.79 Å². The first-order valence-corrected chi connectivity index (χ1v) is 9.19. The van der Waals surface area contributed by atoms with E-state index in [9.17, 15) is 4.79 Å². The Balaban J connectivity index is 0.00000196. The Morgan fingerprint density at radius 2 is 2.20 bits per heavy atom. The maximum Gasteiger partial charge on any atom is 1.00 e. The smallest absolute Gasteiger partial charge is 0.361 e. The molecule has 1 aromatic heterocycles.